The molecule has 8 nitrogen and oxygen atoms in total. The number of ether oxygens (including phenoxy) is 3. The van der Waals surface area contributed by atoms with E-state index in [-0.39, 0.29) is 24.8 Å². The monoisotopic (exact) mass is 385 g/mol. The Kier molecular flexibility index (Phi) is 6.21. The molecule has 1 aliphatic rings. The highest BCUT2D eigenvalue weighted by molar-refractivity contribution is 5.88. The highest BCUT2D eigenvalue weighted by Crippen LogP contribution is 2.34. The molecule has 28 heavy (non-hydrogen) atoms. The Morgan fingerprint density at radius 1 is 1.14 bits per heavy atom. The van der Waals surface area contributed by atoms with Crippen LogP contribution in [-0.4, -0.2) is 31.9 Å². The number of hydrogen-bond acceptors (Lipinski definition) is 5. The van der Waals surface area contributed by atoms with E-state index in [0.29, 0.717) is 36.1 Å². The lowest BCUT2D eigenvalue weighted by atomic mass is 10.1. The summed E-state index contributed by atoms with van der Waals surface area (Å²) in [7, 11) is 0. The largest absolute Gasteiger partial charge is 0.492 e. The zero-order chi connectivity index (χ0) is 19.9. The zero-order valence-electron chi connectivity index (χ0n) is 15.8. The van der Waals surface area contributed by atoms with Crippen molar-refractivity contribution in [2.75, 3.05) is 25.3 Å². The maximum Gasteiger partial charge on any atom is 0.315 e. The first-order valence-electron chi connectivity index (χ1n) is 8.95. The van der Waals surface area contributed by atoms with Gasteiger partial charge >= 0.3 is 6.03 Å². The molecule has 0 bridgehead atoms. The summed E-state index contributed by atoms with van der Waals surface area (Å²) < 4.78 is 16.1. The van der Waals surface area contributed by atoms with Crippen molar-refractivity contribution in [3.63, 3.8) is 0 Å². The molecular weight excluding hydrogens is 362 g/mol. The van der Waals surface area contributed by atoms with Gasteiger partial charge in [0.1, 0.15) is 12.4 Å². The number of urea groups is 1. The van der Waals surface area contributed by atoms with Gasteiger partial charge < -0.3 is 30.2 Å². The van der Waals surface area contributed by atoms with Crippen LogP contribution in [0.5, 0.6) is 17.2 Å². The molecule has 3 amide bonds. The maximum atomic E-state index is 12.1. The summed E-state index contributed by atoms with van der Waals surface area (Å²) in [4.78, 5) is 23.2. The van der Waals surface area contributed by atoms with Crippen LogP contribution in [-0.2, 0) is 4.79 Å². The van der Waals surface area contributed by atoms with Crippen molar-refractivity contribution < 1.29 is 23.8 Å². The van der Waals surface area contributed by atoms with Gasteiger partial charge in [0.05, 0.1) is 12.6 Å². The summed E-state index contributed by atoms with van der Waals surface area (Å²) in [5.74, 6) is 1.85. The van der Waals surface area contributed by atoms with Crippen molar-refractivity contribution in [3.05, 3.63) is 48.0 Å². The second-order valence-corrected chi connectivity index (χ2v) is 6.29. The van der Waals surface area contributed by atoms with Crippen molar-refractivity contribution >= 4 is 17.6 Å². The SMILES string of the molecule is CC(=O)Nc1cccc(C(C)NC(=O)NCCOc2ccc3c(c2)OCO3)c1. The van der Waals surface area contributed by atoms with E-state index in [2.05, 4.69) is 16.0 Å². The standard InChI is InChI=1S/C20H23N3O5/c1-13(15-4-3-5-16(10-15)23-14(2)24)22-20(25)21-8-9-26-17-6-7-18-19(11-17)28-12-27-18/h3-7,10-11,13H,8-9,12H2,1-2H3,(H,23,24)(H2,21,22,25). The van der Waals surface area contributed by atoms with E-state index >= 15 is 0 Å². The van der Waals surface area contributed by atoms with E-state index in [1.807, 2.05) is 25.1 Å². The first-order chi connectivity index (χ1) is 13.5. The van der Waals surface area contributed by atoms with Crippen LogP contribution in [0.4, 0.5) is 10.5 Å². The molecule has 1 atom stereocenters. The van der Waals surface area contributed by atoms with E-state index in [1.54, 1.807) is 24.3 Å². The van der Waals surface area contributed by atoms with Gasteiger partial charge in [-0.2, -0.15) is 0 Å². The quantitative estimate of drug-likeness (QED) is 0.637. The summed E-state index contributed by atoms with van der Waals surface area (Å²) in [6.07, 6.45) is 0. The number of carbonyl (C=O) groups is 2. The summed E-state index contributed by atoms with van der Waals surface area (Å²) in [5, 5.41) is 8.33. The number of benzene rings is 2. The fourth-order valence-electron chi connectivity index (χ4n) is 2.72. The number of fused-ring (bicyclic) bond motifs is 1. The minimum atomic E-state index is -0.299. The fraction of sp³-hybridized carbons (Fsp3) is 0.300. The van der Waals surface area contributed by atoms with E-state index in [1.165, 1.54) is 6.92 Å². The molecule has 1 unspecified atom stereocenters. The van der Waals surface area contributed by atoms with E-state index in [4.69, 9.17) is 14.2 Å². The minimum absolute atomic E-state index is 0.141. The summed E-state index contributed by atoms with van der Waals surface area (Å²) in [6.45, 7) is 4.20. The van der Waals surface area contributed by atoms with Gasteiger partial charge in [-0.15, -0.1) is 0 Å². The third-order valence-electron chi connectivity index (χ3n) is 4.05. The van der Waals surface area contributed by atoms with Crippen LogP contribution in [0.2, 0.25) is 0 Å². The lowest BCUT2D eigenvalue weighted by Crippen LogP contribution is -2.39. The molecule has 0 fully saturated rings. The van der Waals surface area contributed by atoms with Crippen molar-refractivity contribution in [3.8, 4) is 17.2 Å². The molecule has 0 saturated carbocycles. The molecule has 148 valence electrons. The first-order valence-corrected chi connectivity index (χ1v) is 8.95. The Morgan fingerprint density at radius 2 is 1.96 bits per heavy atom. The Bertz CT molecular complexity index is 855. The predicted molar refractivity (Wildman–Crippen MR) is 104 cm³/mol. The average molecular weight is 385 g/mol. The molecule has 0 radical (unpaired) electrons. The Hall–Kier alpha value is -3.42. The van der Waals surface area contributed by atoms with Crippen molar-refractivity contribution in [1.29, 1.82) is 0 Å². The normalized spacial score (nSPS) is 12.8. The molecule has 8 heteroatoms. The smallest absolute Gasteiger partial charge is 0.315 e. The van der Waals surface area contributed by atoms with E-state index < -0.39 is 0 Å². The van der Waals surface area contributed by atoms with Gasteiger partial charge in [-0.1, -0.05) is 12.1 Å². The lowest BCUT2D eigenvalue weighted by Gasteiger charge is -2.16. The first kappa shape index (κ1) is 19.3. The van der Waals surface area contributed by atoms with Gasteiger partial charge in [0.2, 0.25) is 12.7 Å². The zero-order valence-corrected chi connectivity index (χ0v) is 15.8. The summed E-state index contributed by atoms with van der Waals surface area (Å²) in [6, 6.07) is 12.2. The highest BCUT2D eigenvalue weighted by atomic mass is 16.7. The molecule has 2 aromatic rings. The molecule has 3 N–H and O–H groups in total. The molecular formula is C20H23N3O5. The van der Waals surface area contributed by atoms with Crippen LogP contribution in [0.3, 0.4) is 0 Å². The summed E-state index contributed by atoms with van der Waals surface area (Å²) >= 11 is 0. The fourth-order valence-corrected chi connectivity index (χ4v) is 2.72. The Labute approximate surface area is 163 Å². The molecule has 3 rings (SSSR count). The second-order valence-electron chi connectivity index (χ2n) is 6.29. The minimum Gasteiger partial charge on any atom is -0.492 e. The molecule has 2 aromatic carbocycles. The van der Waals surface area contributed by atoms with Crippen LogP contribution in [0, 0.1) is 0 Å². The molecule has 1 heterocycles. The van der Waals surface area contributed by atoms with Crippen molar-refractivity contribution in [2.45, 2.75) is 19.9 Å². The van der Waals surface area contributed by atoms with Gasteiger partial charge in [0.25, 0.3) is 0 Å². The van der Waals surface area contributed by atoms with Gasteiger partial charge in [0.15, 0.2) is 11.5 Å². The number of rotatable bonds is 7. The second kappa shape index (κ2) is 8.98. The number of carbonyl (C=O) groups excluding carboxylic acids is 2. The number of hydrogen-bond donors (Lipinski definition) is 3. The molecule has 0 aliphatic carbocycles. The number of amides is 3. The average Bonchev–Trinajstić information content (AvgIpc) is 3.12. The molecule has 1 aliphatic heterocycles. The van der Waals surface area contributed by atoms with E-state index in [9.17, 15) is 9.59 Å². The molecule has 0 aromatic heterocycles. The van der Waals surface area contributed by atoms with Gasteiger partial charge in [0, 0.05) is 18.7 Å². The number of anilines is 1. The van der Waals surface area contributed by atoms with Gasteiger partial charge in [-0.3, -0.25) is 4.79 Å². The van der Waals surface area contributed by atoms with Crippen LogP contribution in [0.25, 0.3) is 0 Å². The van der Waals surface area contributed by atoms with Crippen molar-refractivity contribution in [2.24, 2.45) is 0 Å². The van der Waals surface area contributed by atoms with Gasteiger partial charge in [-0.05, 0) is 36.8 Å². The Balaban J connectivity index is 1.41. The van der Waals surface area contributed by atoms with Crippen LogP contribution in [0.15, 0.2) is 42.5 Å². The summed E-state index contributed by atoms with van der Waals surface area (Å²) in [5.41, 5.74) is 1.58. The van der Waals surface area contributed by atoms with Crippen LogP contribution in [0.1, 0.15) is 25.5 Å². The lowest BCUT2D eigenvalue weighted by molar-refractivity contribution is -0.114. The third-order valence-corrected chi connectivity index (χ3v) is 4.05. The number of nitrogens with one attached hydrogen (secondary N) is 3. The topological polar surface area (TPSA) is 97.9 Å². The molecule has 0 saturated heterocycles. The van der Waals surface area contributed by atoms with E-state index in [0.717, 1.165) is 5.56 Å². The Morgan fingerprint density at radius 3 is 2.79 bits per heavy atom. The highest BCUT2D eigenvalue weighted by Gasteiger charge is 2.14. The van der Waals surface area contributed by atoms with Gasteiger partial charge in [-0.25, -0.2) is 4.79 Å². The van der Waals surface area contributed by atoms with Crippen molar-refractivity contribution in [1.82, 2.24) is 10.6 Å². The van der Waals surface area contributed by atoms with Crippen LogP contribution < -0.4 is 30.2 Å². The third kappa shape index (κ3) is 5.29. The molecule has 0 spiro atoms. The van der Waals surface area contributed by atoms with Crippen LogP contribution >= 0.6 is 0 Å². The maximum absolute atomic E-state index is 12.1. The predicted octanol–water partition coefficient (Wildman–Crippen LogP) is 2.81.